The molecular formula is C14H15NO2. The molecule has 1 aliphatic heterocycles. The minimum absolute atomic E-state index is 0.156. The number of esters is 1. The van der Waals surface area contributed by atoms with Crippen LogP contribution >= 0.6 is 0 Å². The Morgan fingerprint density at radius 3 is 3.24 bits per heavy atom. The van der Waals surface area contributed by atoms with Crippen LogP contribution in [0.1, 0.15) is 24.5 Å². The van der Waals surface area contributed by atoms with E-state index in [1.54, 1.807) is 6.92 Å². The minimum Gasteiger partial charge on any atom is -0.465 e. The van der Waals surface area contributed by atoms with Crippen LogP contribution in [-0.4, -0.2) is 19.1 Å². The van der Waals surface area contributed by atoms with E-state index >= 15 is 0 Å². The Morgan fingerprint density at radius 1 is 1.53 bits per heavy atom. The summed E-state index contributed by atoms with van der Waals surface area (Å²) in [6, 6.07) is 6.08. The van der Waals surface area contributed by atoms with Gasteiger partial charge in [-0.05, 0) is 37.1 Å². The van der Waals surface area contributed by atoms with Gasteiger partial charge in [-0.3, -0.25) is 4.79 Å². The molecule has 0 spiro atoms. The van der Waals surface area contributed by atoms with Gasteiger partial charge in [-0.1, -0.05) is 11.8 Å². The fourth-order valence-electron chi connectivity index (χ4n) is 1.81. The average molecular weight is 229 g/mol. The summed E-state index contributed by atoms with van der Waals surface area (Å²) in [5.74, 6) is 5.56. The first-order valence-electron chi connectivity index (χ1n) is 5.81. The van der Waals surface area contributed by atoms with Gasteiger partial charge in [0.2, 0.25) is 0 Å². The van der Waals surface area contributed by atoms with Gasteiger partial charge in [0.15, 0.2) is 0 Å². The number of carbonyl (C=O) groups excluding carboxylic acids is 1. The Bertz CT molecular complexity index is 483. The summed E-state index contributed by atoms with van der Waals surface area (Å²) in [4.78, 5) is 11.1. The van der Waals surface area contributed by atoms with Crippen LogP contribution in [0.3, 0.4) is 0 Å². The highest BCUT2D eigenvalue weighted by Gasteiger charge is 2.08. The maximum absolute atomic E-state index is 11.1. The number of fused-ring (bicyclic) bond motifs is 1. The highest BCUT2D eigenvalue weighted by atomic mass is 16.5. The maximum Gasteiger partial charge on any atom is 0.317 e. The van der Waals surface area contributed by atoms with E-state index in [1.165, 1.54) is 11.3 Å². The van der Waals surface area contributed by atoms with Gasteiger partial charge in [-0.25, -0.2) is 0 Å². The lowest BCUT2D eigenvalue weighted by atomic mass is 10.1. The van der Waals surface area contributed by atoms with Crippen LogP contribution in [0, 0.1) is 11.8 Å². The predicted octanol–water partition coefficient (Wildman–Crippen LogP) is 1.96. The smallest absolute Gasteiger partial charge is 0.317 e. The topological polar surface area (TPSA) is 38.3 Å². The van der Waals surface area contributed by atoms with E-state index in [-0.39, 0.29) is 12.4 Å². The van der Waals surface area contributed by atoms with E-state index < -0.39 is 0 Å². The van der Waals surface area contributed by atoms with E-state index in [0.29, 0.717) is 6.61 Å². The molecule has 17 heavy (non-hydrogen) atoms. The first kappa shape index (κ1) is 11.5. The summed E-state index contributed by atoms with van der Waals surface area (Å²) >= 11 is 0. The van der Waals surface area contributed by atoms with Crippen molar-refractivity contribution in [2.24, 2.45) is 0 Å². The fourth-order valence-corrected chi connectivity index (χ4v) is 1.81. The minimum atomic E-state index is -0.261. The molecule has 1 aromatic carbocycles. The van der Waals surface area contributed by atoms with Gasteiger partial charge in [0.05, 0.1) is 6.61 Å². The van der Waals surface area contributed by atoms with E-state index in [2.05, 4.69) is 23.2 Å². The van der Waals surface area contributed by atoms with Gasteiger partial charge >= 0.3 is 5.97 Å². The number of nitrogens with one attached hydrogen (secondary N) is 1. The average Bonchev–Trinajstić information content (AvgIpc) is 2.76. The van der Waals surface area contributed by atoms with Gasteiger partial charge < -0.3 is 10.1 Å². The number of hydrogen-bond acceptors (Lipinski definition) is 3. The number of ether oxygens (including phenoxy) is 1. The summed E-state index contributed by atoms with van der Waals surface area (Å²) in [5.41, 5.74) is 3.45. The van der Waals surface area contributed by atoms with Crippen molar-refractivity contribution >= 4 is 11.7 Å². The Morgan fingerprint density at radius 2 is 2.41 bits per heavy atom. The maximum atomic E-state index is 11.1. The van der Waals surface area contributed by atoms with Crippen molar-refractivity contribution in [2.45, 2.75) is 19.8 Å². The molecule has 0 amide bonds. The lowest BCUT2D eigenvalue weighted by molar-refractivity contribution is -0.141. The quantitative estimate of drug-likeness (QED) is 0.622. The number of anilines is 1. The van der Waals surface area contributed by atoms with Crippen LogP contribution in [0.15, 0.2) is 18.2 Å². The molecule has 0 atom stereocenters. The molecule has 0 bridgehead atoms. The van der Waals surface area contributed by atoms with E-state index in [4.69, 9.17) is 4.74 Å². The number of carbonyl (C=O) groups is 1. The highest BCUT2D eigenvalue weighted by Crippen LogP contribution is 2.22. The second-order valence-electron chi connectivity index (χ2n) is 3.83. The summed E-state index contributed by atoms with van der Waals surface area (Å²) in [5, 5.41) is 3.30. The molecule has 0 radical (unpaired) electrons. The van der Waals surface area contributed by atoms with Crippen LogP contribution in [0.2, 0.25) is 0 Å². The molecule has 1 aliphatic rings. The molecular weight excluding hydrogens is 214 g/mol. The van der Waals surface area contributed by atoms with E-state index in [1.807, 2.05) is 12.1 Å². The molecule has 3 nitrogen and oxygen atoms in total. The van der Waals surface area contributed by atoms with Crippen molar-refractivity contribution < 1.29 is 9.53 Å². The van der Waals surface area contributed by atoms with Crippen molar-refractivity contribution in [2.75, 3.05) is 18.5 Å². The third-order valence-corrected chi connectivity index (χ3v) is 2.59. The van der Waals surface area contributed by atoms with Gasteiger partial charge in [0, 0.05) is 17.8 Å². The zero-order valence-corrected chi connectivity index (χ0v) is 9.88. The van der Waals surface area contributed by atoms with Crippen molar-refractivity contribution in [1.29, 1.82) is 0 Å². The highest BCUT2D eigenvalue weighted by molar-refractivity contribution is 5.72. The monoisotopic (exact) mass is 229 g/mol. The van der Waals surface area contributed by atoms with Gasteiger partial charge in [-0.2, -0.15) is 0 Å². The Hall–Kier alpha value is -1.95. The molecule has 1 N–H and O–H groups in total. The Labute approximate surface area is 101 Å². The summed E-state index contributed by atoms with van der Waals surface area (Å²) in [7, 11) is 0. The van der Waals surface area contributed by atoms with E-state index in [9.17, 15) is 4.79 Å². The molecule has 88 valence electrons. The molecule has 1 aromatic rings. The van der Waals surface area contributed by atoms with E-state index in [0.717, 1.165) is 18.5 Å². The van der Waals surface area contributed by atoms with Crippen molar-refractivity contribution in [1.82, 2.24) is 0 Å². The largest absolute Gasteiger partial charge is 0.465 e. The molecule has 0 unspecified atom stereocenters. The normalized spacial score (nSPS) is 12.1. The lowest BCUT2D eigenvalue weighted by Gasteiger charge is -1.99. The van der Waals surface area contributed by atoms with Gasteiger partial charge in [0.1, 0.15) is 6.42 Å². The molecule has 2 rings (SSSR count). The van der Waals surface area contributed by atoms with Crippen LogP contribution in [0.25, 0.3) is 0 Å². The first-order chi connectivity index (χ1) is 8.29. The second kappa shape index (κ2) is 5.40. The number of rotatable bonds is 2. The van der Waals surface area contributed by atoms with Gasteiger partial charge in [-0.15, -0.1) is 0 Å². The molecule has 0 saturated carbocycles. The third kappa shape index (κ3) is 3.01. The lowest BCUT2D eigenvalue weighted by Crippen LogP contribution is -2.01. The van der Waals surface area contributed by atoms with Crippen molar-refractivity contribution in [3.8, 4) is 11.8 Å². The molecule has 0 aromatic heterocycles. The van der Waals surface area contributed by atoms with Crippen molar-refractivity contribution in [3.05, 3.63) is 29.3 Å². The molecule has 0 aliphatic carbocycles. The third-order valence-electron chi connectivity index (χ3n) is 2.59. The summed E-state index contributed by atoms with van der Waals surface area (Å²) in [6.07, 6.45) is 1.20. The number of benzene rings is 1. The van der Waals surface area contributed by atoms with Crippen LogP contribution in [0.4, 0.5) is 5.69 Å². The zero-order chi connectivity index (χ0) is 12.1. The standard InChI is InChI=1S/C14H15NO2/c1-2-17-14(16)5-3-4-11-6-7-13-12(10-11)8-9-15-13/h6-7,10,15H,2,5,8-9H2,1H3. The van der Waals surface area contributed by atoms with Crippen LogP contribution in [-0.2, 0) is 16.0 Å². The van der Waals surface area contributed by atoms with Crippen molar-refractivity contribution in [3.63, 3.8) is 0 Å². The predicted molar refractivity (Wildman–Crippen MR) is 66.8 cm³/mol. The Balaban J connectivity index is 1.99. The second-order valence-corrected chi connectivity index (χ2v) is 3.83. The fraction of sp³-hybridized carbons (Fsp3) is 0.357. The van der Waals surface area contributed by atoms with Crippen LogP contribution in [0.5, 0.6) is 0 Å². The SMILES string of the molecule is CCOC(=O)CC#Cc1ccc2c(c1)CCN2. The molecule has 1 heterocycles. The zero-order valence-electron chi connectivity index (χ0n) is 9.88. The number of hydrogen-bond donors (Lipinski definition) is 1. The summed E-state index contributed by atoms with van der Waals surface area (Å²) in [6.45, 7) is 3.19. The molecule has 0 saturated heterocycles. The Kier molecular flexibility index (Phi) is 3.66. The van der Waals surface area contributed by atoms with Gasteiger partial charge in [0.25, 0.3) is 0 Å². The van der Waals surface area contributed by atoms with Crippen LogP contribution < -0.4 is 5.32 Å². The first-order valence-corrected chi connectivity index (χ1v) is 5.81. The summed E-state index contributed by atoms with van der Waals surface area (Å²) < 4.78 is 4.80. The molecule has 3 heteroatoms. The molecule has 0 fully saturated rings.